The normalized spacial score (nSPS) is 14.8. The molecule has 0 unspecified atom stereocenters. The molecule has 1 aliphatic carbocycles. The second kappa shape index (κ2) is 7.97. The Morgan fingerprint density at radius 2 is 1.96 bits per heavy atom. The Labute approximate surface area is 172 Å². The number of fused-ring (bicyclic) bond motifs is 1. The Bertz CT molecular complexity index is 1080. The zero-order chi connectivity index (χ0) is 19.7. The van der Waals surface area contributed by atoms with Gasteiger partial charge in [0.25, 0.3) is 5.56 Å². The fraction of sp³-hybridized carbons (Fsp3) is 0.286. The molecule has 5 nitrogen and oxygen atoms in total. The quantitative estimate of drug-likeness (QED) is 0.482. The molecule has 1 N–H and O–H groups in total. The molecule has 1 fully saturated rings. The number of nitrogens with one attached hydrogen (secondary N) is 1. The van der Waals surface area contributed by atoms with E-state index in [4.69, 9.17) is 11.6 Å². The average molecular weight is 414 g/mol. The number of amides is 1. The molecule has 4 rings (SSSR count). The maximum Gasteiger partial charge on any atom is 0.262 e. The highest BCUT2D eigenvalue weighted by Crippen LogP contribution is 2.36. The number of thioether (sulfide) groups is 1. The van der Waals surface area contributed by atoms with Gasteiger partial charge < -0.3 is 5.32 Å². The van der Waals surface area contributed by atoms with Crippen molar-refractivity contribution < 1.29 is 4.79 Å². The van der Waals surface area contributed by atoms with E-state index < -0.39 is 0 Å². The van der Waals surface area contributed by atoms with Crippen molar-refractivity contribution >= 4 is 40.2 Å². The highest BCUT2D eigenvalue weighted by Gasteiger charge is 2.28. The number of aromatic nitrogens is 2. The molecule has 28 heavy (non-hydrogen) atoms. The Kier molecular flexibility index (Phi) is 5.42. The summed E-state index contributed by atoms with van der Waals surface area (Å²) in [6.45, 7) is 1.93. The van der Waals surface area contributed by atoms with Crippen molar-refractivity contribution in [1.82, 2.24) is 14.9 Å². The number of hydrogen-bond donors (Lipinski definition) is 1. The van der Waals surface area contributed by atoms with Crippen molar-refractivity contribution in [3.05, 3.63) is 69.5 Å². The number of carbonyl (C=O) groups is 1. The molecule has 7 heteroatoms. The van der Waals surface area contributed by atoms with Crippen molar-refractivity contribution in [2.75, 3.05) is 5.75 Å². The first-order chi connectivity index (χ1) is 13.5. The van der Waals surface area contributed by atoms with Crippen molar-refractivity contribution in [2.24, 2.45) is 0 Å². The maximum absolute atomic E-state index is 12.9. The predicted octanol–water partition coefficient (Wildman–Crippen LogP) is 4.35. The number of halogens is 1. The molecule has 1 aromatic heterocycles. The summed E-state index contributed by atoms with van der Waals surface area (Å²) in [6.07, 6.45) is 1.96. The van der Waals surface area contributed by atoms with Crippen LogP contribution in [0.5, 0.6) is 0 Å². The highest BCUT2D eigenvalue weighted by molar-refractivity contribution is 7.99. The van der Waals surface area contributed by atoms with Gasteiger partial charge in [0.1, 0.15) is 0 Å². The van der Waals surface area contributed by atoms with E-state index in [2.05, 4.69) is 10.3 Å². The lowest BCUT2D eigenvalue weighted by molar-refractivity contribution is -0.119. The summed E-state index contributed by atoms with van der Waals surface area (Å²) in [4.78, 5) is 30.0. The molecule has 1 heterocycles. The van der Waals surface area contributed by atoms with E-state index in [0.717, 1.165) is 18.4 Å². The number of carbonyl (C=O) groups excluding carboxylic acids is 1. The molecule has 0 radical (unpaired) electrons. The van der Waals surface area contributed by atoms with E-state index in [-0.39, 0.29) is 29.3 Å². The van der Waals surface area contributed by atoms with Crippen LogP contribution in [0.2, 0.25) is 5.02 Å². The topological polar surface area (TPSA) is 64.0 Å². The first kappa shape index (κ1) is 19.0. The Morgan fingerprint density at radius 1 is 1.25 bits per heavy atom. The van der Waals surface area contributed by atoms with Crippen molar-refractivity contribution in [3.8, 4) is 0 Å². The van der Waals surface area contributed by atoms with Crippen LogP contribution in [-0.2, 0) is 4.79 Å². The van der Waals surface area contributed by atoms with Crippen molar-refractivity contribution in [1.29, 1.82) is 0 Å². The third-order valence-electron chi connectivity index (χ3n) is 4.77. The maximum atomic E-state index is 12.9. The number of benzene rings is 2. The summed E-state index contributed by atoms with van der Waals surface area (Å²) in [7, 11) is 0. The first-order valence-electron chi connectivity index (χ1n) is 9.22. The monoisotopic (exact) mass is 413 g/mol. The fourth-order valence-electron chi connectivity index (χ4n) is 3.13. The SMILES string of the molecule is C[C@@H](NC(=O)CSc1nc2ccccc2c(=O)n1C1CC1)c1ccc(Cl)cc1. The lowest BCUT2D eigenvalue weighted by Crippen LogP contribution is -2.29. The van der Waals surface area contributed by atoms with Gasteiger partial charge >= 0.3 is 0 Å². The zero-order valence-electron chi connectivity index (χ0n) is 15.4. The molecule has 1 amide bonds. The van der Waals surface area contributed by atoms with E-state index >= 15 is 0 Å². The molecule has 1 atom stereocenters. The molecule has 2 aromatic carbocycles. The summed E-state index contributed by atoms with van der Waals surface area (Å²) in [5, 5.41) is 4.89. The molecule has 0 saturated heterocycles. The van der Waals surface area contributed by atoms with Gasteiger partial charge in [-0.25, -0.2) is 4.98 Å². The van der Waals surface area contributed by atoms with Crippen LogP contribution in [-0.4, -0.2) is 21.2 Å². The Balaban J connectivity index is 1.49. The highest BCUT2D eigenvalue weighted by atomic mass is 35.5. The van der Waals surface area contributed by atoms with E-state index in [1.54, 1.807) is 10.6 Å². The van der Waals surface area contributed by atoms with Crippen LogP contribution >= 0.6 is 23.4 Å². The third kappa shape index (κ3) is 4.08. The third-order valence-corrected chi connectivity index (χ3v) is 5.97. The van der Waals surface area contributed by atoms with Crippen LogP contribution in [0.4, 0.5) is 0 Å². The second-order valence-corrected chi connectivity index (χ2v) is 8.33. The molecule has 144 valence electrons. The largest absolute Gasteiger partial charge is 0.349 e. The standard InChI is InChI=1S/C21H20ClN3O2S/c1-13(14-6-8-15(22)9-7-14)23-19(26)12-28-21-24-18-5-3-2-4-17(18)20(27)25(21)16-10-11-16/h2-9,13,16H,10-12H2,1H3,(H,23,26)/t13-/m1/s1. The van der Waals surface area contributed by atoms with E-state index in [1.165, 1.54) is 11.8 Å². The van der Waals surface area contributed by atoms with Crippen LogP contribution in [0, 0.1) is 0 Å². The number of hydrogen-bond acceptors (Lipinski definition) is 4. The average Bonchev–Trinajstić information content (AvgIpc) is 3.52. The van der Waals surface area contributed by atoms with Gasteiger partial charge in [-0.05, 0) is 49.6 Å². The van der Waals surface area contributed by atoms with E-state index in [9.17, 15) is 9.59 Å². The van der Waals surface area contributed by atoms with E-state index in [1.807, 2.05) is 49.4 Å². The van der Waals surface area contributed by atoms with Crippen LogP contribution in [0.1, 0.15) is 37.4 Å². The smallest absolute Gasteiger partial charge is 0.262 e. The Hall–Kier alpha value is -2.31. The van der Waals surface area contributed by atoms with Crippen molar-refractivity contribution in [3.63, 3.8) is 0 Å². The molecule has 0 aliphatic heterocycles. The lowest BCUT2D eigenvalue weighted by atomic mass is 10.1. The van der Waals surface area contributed by atoms with Gasteiger partial charge in [0, 0.05) is 11.1 Å². The van der Waals surface area contributed by atoms with Gasteiger partial charge in [-0.2, -0.15) is 0 Å². The van der Waals surface area contributed by atoms with Gasteiger partial charge in [0.2, 0.25) is 5.91 Å². The summed E-state index contributed by atoms with van der Waals surface area (Å²) < 4.78 is 1.75. The molecular formula is C21H20ClN3O2S. The lowest BCUT2D eigenvalue weighted by Gasteiger charge is -2.15. The Morgan fingerprint density at radius 3 is 2.68 bits per heavy atom. The minimum atomic E-state index is -0.124. The molecule has 1 saturated carbocycles. The molecule has 1 aliphatic rings. The summed E-state index contributed by atoms with van der Waals surface area (Å²) in [5.74, 6) is 0.104. The van der Waals surface area contributed by atoms with Gasteiger partial charge in [0.05, 0.1) is 22.7 Å². The second-order valence-electron chi connectivity index (χ2n) is 6.95. The molecule has 0 bridgehead atoms. The fourth-order valence-corrected chi connectivity index (χ4v) is 4.13. The van der Waals surface area contributed by atoms with Gasteiger partial charge in [-0.1, -0.05) is 47.6 Å². The van der Waals surface area contributed by atoms with Crippen LogP contribution in [0.15, 0.2) is 58.5 Å². The summed E-state index contributed by atoms with van der Waals surface area (Å²) in [6, 6.07) is 14.8. The molecule has 0 spiro atoms. The van der Waals surface area contributed by atoms with E-state index in [0.29, 0.717) is 21.1 Å². The van der Waals surface area contributed by atoms with Crippen LogP contribution < -0.4 is 10.9 Å². The van der Waals surface area contributed by atoms with Crippen LogP contribution in [0.25, 0.3) is 10.9 Å². The predicted molar refractivity (Wildman–Crippen MR) is 113 cm³/mol. The number of para-hydroxylation sites is 1. The molecule has 3 aromatic rings. The van der Waals surface area contributed by atoms with Crippen LogP contribution in [0.3, 0.4) is 0 Å². The first-order valence-corrected chi connectivity index (χ1v) is 10.6. The zero-order valence-corrected chi connectivity index (χ0v) is 17.0. The van der Waals surface area contributed by atoms with Gasteiger partial charge in [0.15, 0.2) is 5.16 Å². The molecular weight excluding hydrogens is 394 g/mol. The minimum Gasteiger partial charge on any atom is -0.349 e. The van der Waals surface area contributed by atoms with Crippen molar-refractivity contribution in [2.45, 2.75) is 37.0 Å². The number of rotatable bonds is 6. The number of nitrogens with zero attached hydrogens (tertiary/aromatic N) is 2. The van der Waals surface area contributed by atoms with Gasteiger partial charge in [-0.15, -0.1) is 0 Å². The van der Waals surface area contributed by atoms with Gasteiger partial charge in [-0.3, -0.25) is 14.2 Å². The summed E-state index contributed by atoms with van der Waals surface area (Å²) >= 11 is 7.22. The minimum absolute atomic E-state index is 0.0226. The summed E-state index contributed by atoms with van der Waals surface area (Å²) in [5.41, 5.74) is 1.63.